The molecule has 0 aliphatic rings. The summed E-state index contributed by atoms with van der Waals surface area (Å²) in [5.41, 5.74) is 5.99. The van der Waals surface area contributed by atoms with Gasteiger partial charge in [-0.2, -0.15) is 13.1 Å². The predicted molar refractivity (Wildman–Crippen MR) is 76.2 cm³/mol. The van der Waals surface area contributed by atoms with Gasteiger partial charge in [-0.3, -0.25) is 0 Å². The Hall–Kier alpha value is -1.60. The number of hydrogen-bond acceptors (Lipinski definition) is 6. The fourth-order valence-corrected chi connectivity index (χ4v) is 2.75. The van der Waals surface area contributed by atoms with Crippen LogP contribution in [0, 0.1) is 11.8 Å². The zero-order valence-corrected chi connectivity index (χ0v) is 12.4. The molecule has 4 N–H and O–H groups in total. The Labute approximate surface area is 121 Å². The average Bonchev–Trinajstić information content (AvgIpc) is 2.81. The Bertz CT molecular complexity index is 613. The van der Waals surface area contributed by atoms with E-state index >= 15 is 0 Å². The third-order valence-corrected chi connectivity index (χ3v) is 3.87. The summed E-state index contributed by atoms with van der Waals surface area (Å²) in [5.74, 6) is 5.53. The van der Waals surface area contributed by atoms with Crippen molar-refractivity contribution in [1.29, 1.82) is 0 Å². The van der Waals surface area contributed by atoms with Crippen molar-refractivity contribution in [3.05, 3.63) is 21.9 Å². The fraction of sp³-hybridized carbons (Fsp3) is 0.364. The number of hydrogen-bond donors (Lipinski definition) is 3. The van der Waals surface area contributed by atoms with Crippen LogP contribution in [-0.4, -0.2) is 27.7 Å². The standard InChI is InChI=1S/C11H15N3O4S2/c1-2-18-11(15)14-20(16,17)13-8-10-9(4-3-6-12)5-7-19-10/h5,7,13H,2,6,8,12H2,1H3,(H,14,15). The number of carbonyl (C=O) groups excluding carboxylic acids is 1. The fourth-order valence-electron chi connectivity index (χ4n) is 1.20. The van der Waals surface area contributed by atoms with Gasteiger partial charge in [-0.05, 0) is 18.4 Å². The van der Waals surface area contributed by atoms with Crippen LogP contribution in [-0.2, 0) is 21.5 Å². The van der Waals surface area contributed by atoms with Crippen molar-refractivity contribution in [3.8, 4) is 11.8 Å². The van der Waals surface area contributed by atoms with Gasteiger partial charge in [0.15, 0.2) is 0 Å². The van der Waals surface area contributed by atoms with E-state index in [-0.39, 0.29) is 19.7 Å². The van der Waals surface area contributed by atoms with Crippen molar-refractivity contribution in [3.63, 3.8) is 0 Å². The lowest BCUT2D eigenvalue weighted by Gasteiger charge is -2.07. The summed E-state index contributed by atoms with van der Waals surface area (Å²) in [6.07, 6.45) is -1.02. The quantitative estimate of drug-likeness (QED) is 0.669. The van der Waals surface area contributed by atoms with Crippen molar-refractivity contribution in [2.24, 2.45) is 5.73 Å². The molecule has 0 aliphatic heterocycles. The van der Waals surface area contributed by atoms with Gasteiger partial charge in [0.1, 0.15) is 0 Å². The highest BCUT2D eigenvalue weighted by Gasteiger charge is 2.15. The largest absolute Gasteiger partial charge is 0.449 e. The van der Waals surface area contributed by atoms with Gasteiger partial charge in [-0.1, -0.05) is 11.8 Å². The Morgan fingerprint density at radius 2 is 2.30 bits per heavy atom. The Morgan fingerprint density at radius 3 is 2.95 bits per heavy atom. The van der Waals surface area contributed by atoms with Crippen molar-refractivity contribution >= 4 is 27.6 Å². The second kappa shape index (κ2) is 7.86. The molecule has 110 valence electrons. The Morgan fingerprint density at radius 1 is 1.55 bits per heavy atom. The SMILES string of the molecule is CCOC(=O)NS(=O)(=O)NCc1sccc1C#CCN. The number of carbonyl (C=O) groups is 1. The molecule has 1 aromatic heterocycles. The van der Waals surface area contributed by atoms with E-state index in [1.807, 2.05) is 0 Å². The van der Waals surface area contributed by atoms with Gasteiger partial charge in [0.05, 0.1) is 13.2 Å². The normalized spacial score (nSPS) is 10.5. The first-order chi connectivity index (χ1) is 9.48. The number of nitrogens with two attached hydrogens (primary N) is 1. The molecular weight excluding hydrogens is 302 g/mol. The highest BCUT2D eigenvalue weighted by atomic mass is 32.2. The number of ether oxygens (including phenoxy) is 1. The van der Waals surface area contributed by atoms with E-state index in [0.717, 1.165) is 4.88 Å². The minimum atomic E-state index is -3.96. The van der Waals surface area contributed by atoms with E-state index in [0.29, 0.717) is 5.56 Å². The molecule has 0 saturated heterocycles. The predicted octanol–water partition coefficient (Wildman–Crippen LogP) is 0.139. The smallest absolute Gasteiger partial charge is 0.421 e. The van der Waals surface area contributed by atoms with Crippen molar-refractivity contribution in [2.45, 2.75) is 13.5 Å². The van der Waals surface area contributed by atoms with Crippen LogP contribution in [0.15, 0.2) is 11.4 Å². The van der Waals surface area contributed by atoms with E-state index in [1.165, 1.54) is 11.3 Å². The van der Waals surface area contributed by atoms with Gasteiger partial charge in [-0.15, -0.1) is 11.3 Å². The lowest BCUT2D eigenvalue weighted by molar-refractivity contribution is 0.158. The molecule has 0 aliphatic carbocycles. The summed E-state index contributed by atoms with van der Waals surface area (Å²) in [6.45, 7) is 1.92. The van der Waals surface area contributed by atoms with Gasteiger partial charge in [-0.25, -0.2) is 9.52 Å². The molecule has 1 heterocycles. The molecule has 0 radical (unpaired) electrons. The summed E-state index contributed by atoms with van der Waals surface area (Å²) < 4.78 is 31.6. The van der Waals surface area contributed by atoms with Crippen molar-refractivity contribution in [1.82, 2.24) is 9.44 Å². The molecule has 20 heavy (non-hydrogen) atoms. The maximum absolute atomic E-state index is 11.6. The molecule has 7 nitrogen and oxygen atoms in total. The highest BCUT2D eigenvalue weighted by molar-refractivity contribution is 7.88. The maximum atomic E-state index is 11.6. The van der Waals surface area contributed by atoms with Gasteiger partial charge >= 0.3 is 16.3 Å². The average molecular weight is 317 g/mol. The number of nitrogens with one attached hydrogen (secondary N) is 2. The Kier molecular flexibility index (Phi) is 6.47. The van der Waals surface area contributed by atoms with Crippen molar-refractivity contribution in [2.75, 3.05) is 13.2 Å². The van der Waals surface area contributed by atoms with Crippen LogP contribution in [0.5, 0.6) is 0 Å². The lowest BCUT2D eigenvalue weighted by atomic mass is 10.2. The second-order valence-electron chi connectivity index (χ2n) is 3.41. The summed E-state index contributed by atoms with van der Waals surface area (Å²) in [4.78, 5) is 11.8. The van der Waals surface area contributed by atoms with Gasteiger partial charge in [0.2, 0.25) is 0 Å². The minimum Gasteiger partial charge on any atom is -0.449 e. The van der Waals surface area contributed by atoms with E-state index < -0.39 is 16.3 Å². The molecule has 0 fully saturated rings. The van der Waals surface area contributed by atoms with Crippen LogP contribution in [0.2, 0.25) is 0 Å². The Balaban J connectivity index is 2.63. The zero-order valence-electron chi connectivity index (χ0n) is 10.8. The number of amides is 1. The van der Waals surface area contributed by atoms with Gasteiger partial charge in [0, 0.05) is 17.0 Å². The molecule has 0 unspecified atom stereocenters. The third-order valence-electron chi connectivity index (χ3n) is 1.99. The summed E-state index contributed by atoms with van der Waals surface area (Å²) in [7, 11) is -3.96. The van der Waals surface area contributed by atoms with Crippen LogP contribution in [0.4, 0.5) is 4.79 Å². The van der Waals surface area contributed by atoms with Crippen LogP contribution in [0.25, 0.3) is 0 Å². The molecule has 0 saturated carbocycles. The molecule has 1 amide bonds. The van der Waals surface area contributed by atoms with Gasteiger partial charge in [0.25, 0.3) is 0 Å². The molecule has 1 aromatic rings. The van der Waals surface area contributed by atoms with Crippen molar-refractivity contribution < 1.29 is 17.9 Å². The molecule has 0 atom stereocenters. The van der Waals surface area contributed by atoms with E-state index in [2.05, 4.69) is 21.3 Å². The molecular formula is C11H15N3O4S2. The van der Waals surface area contributed by atoms with E-state index in [1.54, 1.807) is 23.1 Å². The molecule has 0 bridgehead atoms. The van der Waals surface area contributed by atoms with Crippen LogP contribution >= 0.6 is 11.3 Å². The zero-order chi connectivity index (χ0) is 15.0. The summed E-state index contributed by atoms with van der Waals surface area (Å²) in [6, 6.07) is 1.77. The maximum Gasteiger partial charge on any atom is 0.421 e. The molecule has 1 rings (SSSR count). The van der Waals surface area contributed by atoms with Gasteiger partial charge < -0.3 is 10.5 Å². The first-order valence-corrected chi connectivity index (χ1v) is 8.04. The van der Waals surface area contributed by atoms with Crippen LogP contribution < -0.4 is 15.2 Å². The second-order valence-corrected chi connectivity index (χ2v) is 5.91. The van der Waals surface area contributed by atoms with Crippen LogP contribution in [0.3, 0.4) is 0 Å². The van der Waals surface area contributed by atoms with Crippen LogP contribution in [0.1, 0.15) is 17.4 Å². The molecule has 0 spiro atoms. The third kappa shape index (κ3) is 5.58. The lowest BCUT2D eigenvalue weighted by Crippen LogP contribution is -2.40. The summed E-state index contributed by atoms with van der Waals surface area (Å²) >= 11 is 1.36. The van der Waals surface area contributed by atoms with E-state index in [4.69, 9.17) is 5.73 Å². The minimum absolute atomic E-state index is 0.0288. The number of thiophene rings is 1. The first-order valence-electron chi connectivity index (χ1n) is 5.68. The topological polar surface area (TPSA) is 111 Å². The highest BCUT2D eigenvalue weighted by Crippen LogP contribution is 2.15. The van der Waals surface area contributed by atoms with E-state index in [9.17, 15) is 13.2 Å². The molecule has 9 heteroatoms. The first kappa shape index (κ1) is 16.5. The monoisotopic (exact) mass is 317 g/mol. The number of rotatable bonds is 5. The summed E-state index contributed by atoms with van der Waals surface area (Å²) in [5, 5.41) is 1.79. The molecule has 0 aromatic carbocycles.